The van der Waals surface area contributed by atoms with Gasteiger partial charge in [-0.1, -0.05) is 32.6 Å². The summed E-state index contributed by atoms with van der Waals surface area (Å²) >= 11 is 1.70. The topological polar surface area (TPSA) is 57.8 Å². The molecule has 2 heterocycles. The van der Waals surface area contributed by atoms with E-state index in [-0.39, 0.29) is 0 Å². The predicted molar refractivity (Wildman–Crippen MR) is 98.2 cm³/mol. The molecule has 0 unspecified atom stereocenters. The third-order valence-corrected chi connectivity index (χ3v) is 6.06. The van der Waals surface area contributed by atoms with Crippen molar-refractivity contribution in [2.75, 3.05) is 37.6 Å². The Morgan fingerprint density at radius 3 is 2.52 bits per heavy atom. The molecule has 1 saturated carbocycles. The van der Waals surface area contributed by atoms with E-state index in [9.17, 15) is 0 Å². The maximum Gasteiger partial charge on any atom is 0.191 e. The molecule has 1 saturated heterocycles. The second-order valence-corrected chi connectivity index (χ2v) is 8.06. The highest BCUT2D eigenvalue weighted by Crippen LogP contribution is 2.34. The van der Waals surface area contributed by atoms with E-state index in [1.807, 2.05) is 11.6 Å². The van der Waals surface area contributed by atoms with Gasteiger partial charge in [0, 0.05) is 44.3 Å². The van der Waals surface area contributed by atoms with Crippen molar-refractivity contribution >= 4 is 22.4 Å². The molecule has 0 aromatic carbocycles. The number of aliphatic imine (C=N–C) groups is 1. The third kappa shape index (κ3) is 4.37. The highest BCUT2D eigenvalue weighted by molar-refractivity contribution is 7.13. The Labute approximate surface area is 143 Å². The number of nitrogens with two attached hydrogens (primary N) is 1. The van der Waals surface area contributed by atoms with Crippen LogP contribution in [0.15, 0.2) is 16.6 Å². The van der Waals surface area contributed by atoms with Crippen LogP contribution in [0.4, 0.5) is 5.13 Å². The number of anilines is 1. The van der Waals surface area contributed by atoms with Crippen molar-refractivity contribution in [3.8, 4) is 0 Å². The Kier molecular flexibility index (Phi) is 5.41. The minimum absolute atomic E-state index is 0.351. The van der Waals surface area contributed by atoms with E-state index in [2.05, 4.69) is 21.7 Å². The first-order valence-electron chi connectivity index (χ1n) is 8.86. The van der Waals surface area contributed by atoms with Gasteiger partial charge in [-0.2, -0.15) is 0 Å². The van der Waals surface area contributed by atoms with Crippen LogP contribution in [0.1, 0.15) is 45.4 Å². The lowest BCUT2D eigenvalue weighted by Gasteiger charge is -2.35. The van der Waals surface area contributed by atoms with E-state index in [4.69, 9.17) is 10.7 Å². The molecule has 1 aliphatic heterocycles. The summed E-state index contributed by atoms with van der Waals surface area (Å²) in [6, 6.07) is 0. The number of piperazine rings is 1. The Hall–Kier alpha value is -1.30. The molecule has 0 bridgehead atoms. The van der Waals surface area contributed by atoms with Gasteiger partial charge >= 0.3 is 0 Å². The van der Waals surface area contributed by atoms with Gasteiger partial charge < -0.3 is 15.5 Å². The van der Waals surface area contributed by atoms with Gasteiger partial charge in [0.2, 0.25) is 0 Å². The average molecular weight is 336 g/mol. The molecular weight excluding hydrogens is 306 g/mol. The summed E-state index contributed by atoms with van der Waals surface area (Å²) in [5.41, 5.74) is 6.62. The molecule has 0 atom stereocenters. The first-order valence-corrected chi connectivity index (χ1v) is 9.74. The van der Waals surface area contributed by atoms with Crippen molar-refractivity contribution in [1.29, 1.82) is 0 Å². The van der Waals surface area contributed by atoms with E-state index in [1.165, 1.54) is 38.5 Å². The summed E-state index contributed by atoms with van der Waals surface area (Å²) in [5.74, 6) is 0.731. The van der Waals surface area contributed by atoms with Gasteiger partial charge in [0.15, 0.2) is 11.1 Å². The van der Waals surface area contributed by atoms with E-state index in [0.717, 1.165) is 43.8 Å². The van der Waals surface area contributed by atoms with Crippen LogP contribution in [0.3, 0.4) is 0 Å². The summed E-state index contributed by atoms with van der Waals surface area (Å²) in [5, 5.41) is 3.15. The Bertz CT molecular complexity index is 497. The van der Waals surface area contributed by atoms with Crippen molar-refractivity contribution in [3.05, 3.63) is 11.6 Å². The monoisotopic (exact) mass is 335 g/mol. The van der Waals surface area contributed by atoms with E-state index >= 15 is 0 Å². The van der Waals surface area contributed by atoms with Gasteiger partial charge in [0.05, 0.1) is 0 Å². The number of thiazole rings is 1. The summed E-state index contributed by atoms with van der Waals surface area (Å²) < 4.78 is 0. The van der Waals surface area contributed by atoms with E-state index < -0.39 is 0 Å². The molecule has 5 nitrogen and oxygen atoms in total. The number of hydrogen-bond donors (Lipinski definition) is 1. The lowest BCUT2D eigenvalue weighted by Crippen LogP contribution is -2.51. The highest BCUT2D eigenvalue weighted by atomic mass is 32.1. The van der Waals surface area contributed by atoms with Crippen LogP contribution in [0.2, 0.25) is 0 Å². The van der Waals surface area contributed by atoms with Gasteiger partial charge in [-0.15, -0.1) is 11.3 Å². The fourth-order valence-corrected chi connectivity index (χ4v) is 4.31. The zero-order valence-electron chi connectivity index (χ0n) is 14.2. The number of guanidine groups is 1. The van der Waals surface area contributed by atoms with Gasteiger partial charge in [-0.05, 0) is 18.3 Å². The molecular formula is C17H29N5S. The molecule has 2 aliphatic rings. The first kappa shape index (κ1) is 16.6. The van der Waals surface area contributed by atoms with Crippen LogP contribution < -0.4 is 10.6 Å². The molecule has 6 heteroatoms. The Morgan fingerprint density at radius 2 is 1.91 bits per heavy atom. The summed E-state index contributed by atoms with van der Waals surface area (Å²) in [6.07, 6.45) is 9.91. The SMILES string of the molecule is CC1(CN=C(N)N2CCN(c3nccs3)CC2)CCCCCC1. The van der Waals surface area contributed by atoms with Crippen molar-refractivity contribution in [1.82, 2.24) is 9.88 Å². The summed E-state index contributed by atoms with van der Waals surface area (Å²) in [7, 11) is 0. The fourth-order valence-electron chi connectivity index (χ4n) is 3.61. The fraction of sp³-hybridized carbons (Fsp3) is 0.765. The lowest BCUT2D eigenvalue weighted by atomic mass is 9.83. The minimum atomic E-state index is 0.351. The van der Waals surface area contributed by atoms with Crippen LogP contribution in [-0.2, 0) is 0 Å². The summed E-state index contributed by atoms with van der Waals surface area (Å²) in [4.78, 5) is 13.7. The molecule has 2 N–H and O–H groups in total. The van der Waals surface area contributed by atoms with Gasteiger partial charge in [-0.25, -0.2) is 4.98 Å². The van der Waals surface area contributed by atoms with Crippen LogP contribution in [-0.4, -0.2) is 48.6 Å². The lowest BCUT2D eigenvalue weighted by molar-refractivity contribution is 0.287. The zero-order valence-corrected chi connectivity index (χ0v) is 15.0. The predicted octanol–water partition coefficient (Wildman–Crippen LogP) is 2.94. The molecule has 1 aromatic rings. The average Bonchev–Trinajstić information content (AvgIpc) is 3.02. The molecule has 2 fully saturated rings. The van der Waals surface area contributed by atoms with Crippen LogP contribution in [0.25, 0.3) is 0 Å². The molecule has 3 rings (SSSR count). The number of aromatic nitrogens is 1. The highest BCUT2D eigenvalue weighted by Gasteiger charge is 2.26. The smallest absolute Gasteiger partial charge is 0.191 e. The second kappa shape index (κ2) is 7.51. The second-order valence-electron chi connectivity index (χ2n) is 7.19. The van der Waals surface area contributed by atoms with Crippen molar-refractivity contribution < 1.29 is 0 Å². The Balaban J connectivity index is 1.51. The maximum atomic E-state index is 6.27. The number of rotatable bonds is 3. The quantitative estimate of drug-likeness (QED) is 0.524. The minimum Gasteiger partial charge on any atom is -0.370 e. The van der Waals surface area contributed by atoms with Crippen LogP contribution in [0.5, 0.6) is 0 Å². The van der Waals surface area contributed by atoms with Crippen molar-refractivity contribution in [2.45, 2.75) is 45.4 Å². The van der Waals surface area contributed by atoms with Crippen LogP contribution in [0, 0.1) is 5.41 Å². The maximum absolute atomic E-state index is 6.27. The summed E-state index contributed by atoms with van der Waals surface area (Å²) in [6.45, 7) is 7.08. The largest absolute Gasteiger partial charge is 0.370 e. The Morgan fingerprint density at radius 1 is 1.22 bits per heavy atom. The molecule has 128 valence electrons. The normalized spacial score (nSPS) is 22.9. The van der Waals surface area contributed by atoms with Gasteiger partial charge in [0.1, 0.15) is 0 Å². The van der Waals surface area contributed by atoms with Gasteiger partial charge in [-0.3, -0.25) is 4.99 Å². The third-order valence-electron chi connectivity index (χ3n) is 5.23. The number of nitrogens with zero attached hydrogens (tertiary/aromatic N) is 4. The van der Waals surface area contributed by atoms with Gasteiger partial charge in [0.25, 0.3) is 0 Å². The number of hydrogen-bond acceptors (Lipinski definition) is 4. The first-order chi connectivity index (χ1) is 11.2. The zero-order chi connectivity index (χ0) is 16.1. The van der Waals surface area contributed by atoms with E-state index in [0.29, 0.717) is 5.41 Å². The molecule has 1 aliphatic carbocycles. The standard InChI is InChI=1S/C17H29N5S/c1-17(6-4-2-3-5-7-17)14-20-15(18)21-9-11-22(12-10-21)16-19-8-13-23-16/h8,13H,2-7,9-12,14H2,1H3,(H2,18,20). The molecule has 1 aromatic heterocycles. The van der Waals surface area contributed by atoms with Crippen LogP contribution >= 0.6 is 11.3 Å². The molecule has 0 amide bonds. The molecule has 0 spiro atoms. The molecule has 23 heavy (non-hydrogen) atoms. The van der Waals surface area contributed by atoms with E-state index in [1.54, 1.807) is 11.3 Å². The van der Waals surface area contributed by atoms with Crippen molar-refractivity contribution in [3.63, 3.8) is 0 Å². The molecule has 0 radical (unpaired) electrons. The van der Waals surface area contributed by atoms with Crippen molar-refractivity contribution in [2.24, 2.45) is 16.1 Å².